The third-order valence-corrected chi connectivity index (χ3v) is 7.64. The zero-order valence-electron chi connectivity index (χ0n) is 20.7. The van der Waals surface area contributed by atoms with Gasteiger partial charge in [-0.1, -0.05) is 79.1 Å². The Morgan fingerprint density at radius 1 is 1.00 bits per heavy atom. The number of carbonyl (C=O) groups excluding carboxylic acids is 1. The van der Waals surface area contributed by atoms with E-state index in [1.54, 1.807) is 6.08 Å². The average Bonchev–Trinajstić information content (AvgIpc) is 3.46. The monoisotopic (exact) mass is 434 g/mol. The van der Waals surface area contributed by atoms with Crippen molar-refractivity contribution in [1.82, 2.24) is 0 Å². The van der Waals surface area contributed by atoms with E-state index in [0.29, 0.717) is 6.61 Å². The van der Waals surface area contributed by atoms with Crippen LogP contribution in [-0.2, 0) is 19.0 Å². The molecular weight excluding hydrogens is 388 g/mol. The lowest BCUT2D eigenvalue weighted by atomic mass is 9.80. The molecule has 2 saturated heterocycles. The number of ether oxygens (including phenoxy) is 3. The van der Waals surface area contributed by atoms with E-state index in [-0.39, 0.29) is 18.0 Å². The van der Waals surface area contributed by atoms with Crippen molar-refractivity contribution in [3.05, 3.63) is 12.2 Å². The second kappa shape index (κ2) is 10.9. The molecule has 1 aliphatic carbocycles. The molecule has 3 aliphatic rings. The topological polar surface area (TPSA) is 48.1 Å². The summed E-state index contributed by atoms with van der Waals surface area (Å²) in [6.45, 7) is 12.0. The summed E-state index contributed by atoms with van der Waals surface area (Å²) in [5.41, 5.74) is -0.565. The van der Waals surface area contributed by atoms with E-state index in [9.17, 15) is 4.79 Å². The minimum Gasteiger partial charge on any atom is -0.351 e. The van der Waals surface area contributed by atoms with Crippen LogP contribution >= 0.6 is 0 Å². The van der Waals surface area contributed by atoms with Gasteiger partial charge in [0.1, 0.15) is 0 Å². The van der Waals surface area contributed by atoms with Crippen LogP contribution in [0.15, 0.2) is 12.2 Å². The van der Waals surface area contributed by atoms with Crippen molar-refractivity contribution in [2.24, 2.45) is 17.8 Å². The van der Waals surface area contributed by atoms with E-state index in [0.717, 1.165) is 37.0 Å². The largest absolute Gasteiger partial charge is 0.351 e. The molecule has 31 heavy (non-hydrogen) atoms. The first-order chi connectivity index (χ1) is 14.8. The normalized spacial score (nSPS) is 33.8. The second-order valence-corrected chi connectivity index (χ2v) is 10.9. The van der Waals surface area contributed by atoms with Gasteiger partial charge in [-0.05, 0) is 56.1 Å². The van der Waals surface area contributed by atoms with Crippen molar-refractivity contribution < 1.29 is 19.0 Å². The van der Waals surface area contributed by atoms with Gasteiger partial charge in [0.25, 0.3) is 0 Å². The predicted octanol–water partition coefficient (Wildman–Crippen LogP) is 6.61. The maximum absolute atomic E-state index is 12.0. The van der Waals surface area contributed by atoms with Gasteiger partial charge in [0.15, 0.2) is 17.5 Å². The molecule has 2 heterocycles. The van der Waals surface area contributed by atoms with Crippen molar-refractivity contribution in [3.63, 3.8) is 0 Å². The van der Waals surface area contributed by atoms with Crippen LogP contribution < -0.4 is 0 Å². The molecule has 0 saturated carbocycles. The van der Waals surface area contributed by atoms with Crippen molar-refractivity contribution >= 4 is 5.78 Å². The Hall–Kier alpha value is -0.710. The summed E-state index contributed by atoms with van der Waals surface area (Å²) in [6.07, 6.45) is 16.8. The quantitative estimate of drug-likeness (QED) is 0.288. The van der Waals surface area contributed by atoms with Crippen molar-refractivity contribution in [2.75, 3.05) is 6.61 Å². The molecule has 0 radical (unpaired) electrons. The van der Waals surface area contributed by atoms with E-state index < -0.39 is 11.4 Å². The standard InChI is InChI=1S/C27H46O4/c1-6-29-27-19-17-24(28)25-26(27,31-25)18-16-23(30-27)15-9-14-22(5)13-8-12-21(4)11-7-10-20(2)3/h17,19-23,25H,6-16,18H2,1-5H3/t21-,22-,23-,25-,26-,27-/m1/s1. The van der Waals surface area contributed by atoms with E-state index in [1.807, 2.05) is 13.0 Å². The highest BCUT2D eigenvalue weighted by atomic mass is 16.8. The molecule has 0 unspecified atom stereocenters. The van der Waals surface area contributed by atoms with Crippen LogP contribution in [0.5, 0.6) is 0 Å². The lowest BCUT2D eigenvalue weighted by Crippen LogP contribution is -2.57. The van der Waals surface area contributed by atoms with Gasteiger partial charge in [-0.25, -0.2) is 0 Å². The van der Waals surface area contributed by atoms with Crippen LogP contribution in [0, 0.1) is 17.8 Å². The van der Waals surface area contributed by atoms with Crippen LogP contribution in [0.1, 0.15) is 105 Å². The van der Waals surface area contributed by atoms with Gasteiger partial charge in [-0.15, -0.1) is 0 Å². The Kier molecular flexibility index (Phi) is 8.80. The molecule has 0 aromatic carbocycles. The molecule has 0 aromatic rings. The van der Waals surface area contributed by atoms with Gasteiger partial charge in [-0.2, -0.15) is 0 Å². The lowest BCUT2D eigenvalue weighted by molar-refractivity contribution is -0.282. The first-order valence-corrected chi connectivity index (χ1v) is 13.0. The molecule has 1 spiro atoms. The van der Waals surface area contributed by atoms with Crippen LogP contribution in [0.25, 0.3) is 0 Å². The Labute approximate surface area is 190 Å². The van der Waals surface area contributed by atoms with Gasteiger partial charge < -0.3 is 14.2 Å². The van der Waals surface area contributed by atoms with Crippen molar-refractivity contribution in [3.8, 4) is 0 Å². The lowest BCUT2D eigenvalue weighted by Gasteiger charge is -2.44. The Morgan fingerprint density at radius 2 is 1.65 bits per heavy atom. The average molecular weight is 435 g/mol. The summed E-state index contributed by atoms with van der Waals surface area (Å²) >= 11 is 0. The highest BCUT2D eigenvalue weighted by Gasteiger charge is 2.75. The summed E-state index contributed by atoms with van der Waals surface area (Å²) in [6, 6.07) is 0. The van der Waals surface area contributed by atoms with Crippen LogP contribution in [0.4, 0.5) is 0 Å². The molecule has 0 aromatic heterocycles. The van der Waals surface area contributed by atoms with E-state index in [2.05, 4.69) is 27.7 Å². The number of hydrogen-bond donors (Lipinski definition) is 0. The molecular formula is C27H46O4. The fourth-order valence-corrected chi connectivity index (χ4v) is 5.63. The van der Waals surface area contributed by atoms with Crippen molar-refractivity contribution in [1.29, 1.82) is 0 Å². The number of ketones is 1. The third kappa shape index (κ3) is 6.00. The molecule has 4 heteroatoms. The molecule has 2 fully saturated rings. The Morgan fingerprint density at radius 3 is 2.29 bits per heavy atom. The molecule has 4 nitrogen and oxygen atoms in total. The van der Waals surface area contributed by atoms with E-state index in [4.69, 9.17) is 14.2 Å². The number of hydrogen-bond acceptors (Lipinski definition) is 4. The Balaban J connectivity index is 1.34. The van der Waals surface area contributed by atoms with Crippen LogP contribution in [-0.4, -0.2) is 36.0 Å². The Bertz CT molecular complexity index is 614. The second-order valence-electron chi connectivity index (χ2n) is 10.9. The fraction of sp³-hybridized carbons (Fsp3) is 0.889. The molecule has 0 bridgehead atoms. The first-order valence-electron chi connectivity index (χ1n) is 13.0. The first kappa shape index (κ1) is 24.9. The molecule has 6 atom stereocenters. The minimum atomic E-state index is -0.861. The third-order valence-electron chi connectivity index (χ3n) is 7.64. The summed E-state index contributed by atoms with van der Waals surface area (Å²) in [5.74, 6) is 1.68. The van der Waals surface area contributed by atoms with Crippen molar-refractivity contribution in [2.45, 2.75) is 129 Å². The SMILES string of the molecule is CCO[C@@]12C=CC(=O)[C@H]3O[C@]31CC[C@@H](CCC[C@H](C)CCC[C@H](C)CCCC(C)C)O2. The molecule has 0 amide bonds. The highest BCUT2D eigenvalue weighted by Crippen LogP contribution is 2.58. The molecule has 2 aliphatic heterocycles. The fourth-order valence-electron chi connectivity index (χ4n) is 5.63. The van der Waals surface area contributed by atoms with Crippen LogP contribution in [0.3, 0.4) is 0 Å². The summed E-state index contributed by atoms with van der Waals surface area (Å²) < 4.78 is 18.4. The summed E-state index contributed by atoms with van der Waals surface area (Å²) in [4.78, 5) is 12.0. The number of epoxide rings is 1. The molecule has 3 rings (SSSR count). The van der Waals surface area contributed by atoms with Gasteiger partial charge >= 0.3 is 0 Å². The van der Waals surface area contributed by atoms with E-state index >= 15 is 0 Å². The number of carbonyl (C=O) groups is 1. The van der Waals surface area contributed by atoms with Gasteiger partial charge in [0, 0.05) is 6.61 Å². The van der Waals surface area contributed by atoms with E-state index in [1.165, 1.54) is 51.4 Å². The molecule has 0 N–H and O–H groups in total. The maximum Gasteiger partial charge on any atom is 0.221 e. The zero-order chi connectivity index (χ0) is 22.5. The zero-order valence-corrected chi connectivity index (χ0v) is 20.7. The van der Waals surface area contributed by atoms with Crippen LogP contribution in [0.2, 0.25) is 0 Å². The smallest absolute Gasteiger partial charge is 0.221 e. The van der Waals surface area contributed by atoms with Gasteiger partial charge in [0.05, 0.1) is 6.10 Å². The number of rotatable bonds is 14. The summed E-state index contributed by atoms with van der Waals surface area (Å²) in [7, 11) is 0. The predicted molar refractivity (Wildman–Crippen MR) is 125 cm³/mol. The maximum atomic E-state index is 12.0. The summed E-state index contributed by atoms with van der Waals surface area (Å²) in [5, 5.41) is 0. The minimum absolute atomic E-state index is 0.0560. The van der Waals surface area contributed by atoms with Gasteiger partial charge in [0.2, 0.25) is 5.79 Å². The highest BCUT2D eigenvalue weighted by molar-refractivity contribution is 5.98. The van der Waals surface area contributed by atoms with Gasteiger partial charge in [-0.3, -0.25) is 4.79 Å². The molecule has 178 valence electrons.